The molecule has 0 aliphatic carbocycles. The molecule has 156 valence electrons. The van der Waals surface area contributed by atoms with E-state index in [0.717, 1.165) is 11.8 Å². The number of nitrogens with one attached hydrogen (secondary N) is 1. The third-order valence-corrected chi connectivity index (χ3v) is 6.25. The number of benzene rings is 2. The zero-order chi connectivity index (χ0) is 22.1. The summed E-state index contributed by atoms with van der Waals surface area (Å²) in [6.45, 7) is 1.73. The van der Waals surface area contributed by atoms with Crippen molar-refractivity contribution in [2.45, 2.75) is 6.92 Å². The van der Waals surface area contributed by atoms with Crippen molar-refractivity contribution in [2.24, 2.45) is 4.99 Å². The Morgan fingerprint density at radius 3 is 2.71 bits per heavy atom. The van der Waals surface area contributed by atoms with E-state index in [1.165, 1.54) is 0 Å². The minimum absolute atomic E-state index is 0.208. The number of nitrogens with zero attached hydrogens (tertiary/aromatic N) is 1. The van der Waals surface area contributed by atoms with Gasteiger partial charge >= 0.3 is 5.97 Å². The number of hydrogen-bond donors (Lipinski definition) is 2. The molecular formula is C22H14Cl2N2O4S. The number of hydrogen-bond acceptors (Lipinski definition) is 5. The predicted molar refractivity (Wildman–Crippen MR) is 123 cm³/mol. The van der Waals surface area contributed by atoms with E-state index in [0.29, 0.717) is 48.5 Å². The second-order valence-corrected chi connectivity index (χ2v) is 8.36. The number of amides is 1. The molecule has 2 N–H and O–H groups in total. The lowest BCUT2D eigenvalue weighted by molar-refractivity contribution is -0.115. The number of amidine groups is 1. The fourth-order valence-corrected chi connectivity index (χ4v) is 4.16. The molecule has 1 aromatic heterocycles. The van der Waals surface area contributed by atoms with Gasteiger partial charge in [0.15, 0.2) is 5.17 Å². The smallest absolute Gasteiger partial charge is 0.335 e. The van der Waals surface area contributed by atoms with Gasteiger partial charge in [0.25, 0.3) is 5.91 Å². The minimum Gasteiger partial charge on any atom is -0.478 e. The van der Waals surface area contributed by atoms with Crippen LogP contribution < -0.4 is 5.32 Å². The maximum absolute atomic E-state index is 12.3. The zero-order valence-electron chi connectivity index (χ0n) is 16.0. The molecule has 6 nitrogen and oxygen atoms in total. The first-order chi connectivity index (χ1) is 14.8. The third-order valence-electron chi connectivity index (χ3n) is 4.53. The number of furan rings is 1. The molecule has 9 heteroatoms. The molecule has 0 spiro atoms. The van der Waals surface area contributed by atoms with Crippen LogP contribution in [-0.2, 0) is 4.79 Å². The molecule has 1 saturated heterocycles. The predicted octanol–water partition coefficient (Wildman–Crippen LogP) is 6.15. The zero-order valence-corrected chi connectivity index (χ0v) is 18.3. The Morgan fingerprint density at radius 2 is 1.94 bits per heavy atom. The van der Waals surface area contributed by atoms with Crippen LogP contribution in [0.3, 0.4) is 0 Å². The Labute approximate surface area is 191 Å². The monoisotopic (exact) mass is 472 g/mol. The summed E-state index contributed by atoms with van der Waals surface area (Å²) < 4.78 is 5.84. The molecule has 2 heterocycles. The van der Waals surface area contributed by atoms with Gasteiger partial charge in [0.05, 0.1) is 26.2 Å². The number of carbonyl (C=O) groups is 2. The van der Waals surface area contributed by atoms with Gasteiger partial charge < -0.3 is 14.8 Å². The lowest BCUT2D eigenvalue weighted by atomic mass is 10.0. The van der Waals surface area contributed by atoms with Crippen LogP contribution in [0.15, 0.2) is 62.8 Å². The minimum atomic E-state index is -1.00. The number of aromatic carboxylic acids is 1. The number of aliphatic imine (C=N–C) groups is 1. The average molecular weight is 473 g/mol. The summed E-state index contributed by atoms with van der Waals surface area (Å²) in [6.07, 6.45) is 1.60. The molecule has 3 aromatic rings. The first-order valence-electron chi connectivity index (χ1n) is 9.00. The van der Waals surface area contributed by atoms with Gasteiger partial charge in [0.1, 0.15) is 11.5 Å². The maximum Gasteiger partial charge on any atom is 0.335 e. The Bertz CT molecular complexity index is 1280. The first kappa shape index (κ1) is 21.2. The SMILES string of the molecule is Cc1c(C(=O)O)cccc1-c1ccc(/C=C2/SC(=Nc3cccc(Cl)c3Cl)NC2=O)o1. The van der Waals surface area contributed by atoms with Crippen molar-refractivity contribution >= 4 is 63.8 Å². The number of thioether (sulfide) groups is 1. The fourth-order valence-electron chi connectivity index (χ4n) is 3.01. The second-order valence-electron chi connectivity index (χ2n) is 6.54. The number of halogens is 2. The van der Waals surface area contributed by atoms with E-state index in [9.17, 15) is 14.7 Å². The molecule has 1 fully saturated rings. The Balaban J connectivity index is 1.60. The quantitative estimate of drug-likeness (QED) is 0.444. The topological polar surface area (TPSA) is 91.9 Å². The Kier molecular flexibility index (Phi) is 5.91. The van der Waals surface area contributed by atoms with Crippen molar-refractivity contribution in [3.05, 3.63) is 80.4 Å². The lowest BCUT2D eigenvalue weighted by Crippen LogP contribution is -2.19. The second kappa shape index (κ2) is 8.63. The molecule has 31 heavy (non-hydrogen) atoms. The van der Waals surface area contributed by atoms with Crippen molar-refractivity contribution in [2.75, 3.05) is 0 Å². The van der Waals surface area contributed by atoms with Crippen molar-refractivity contribution in [3.8, 4) is 11.3 Å². The van der Waals surface area contributed by atoms with Crippen LogP contribution in [0.25, 0.3) is 17.4 Å². The largest absolute Gasteiger partial charge is 0.478 e. The van der Waals surface area contributed by atoms with E-state index in [1.54, 1.807) is 61.5 Å². The lowest BCUT2D eigenvalue weighted by Gasteiger charge is -2.05. The highest BCUT2D eigenvalue weighted by Gasteiger charge is 2.25. The van der Waals surface area contributed by atoms with E-state index < -0.39 is 5.97 Å². The summed E-state index contributed by atoms with van der Waals surface area (Å²) in [5, 5.41) is 13.0. The summed E-state index contributed by atoms with van der Waals surface area (Å²) in [7, 11) is 0. The number of rotatable bonds is 4. The van der Waals surface area contributed by atoms with Crippen LogP contribution in [0.2, 0.25) is 10.0 Å². The highest BCUT2D eigenvalue weighted by molar-refractivity contribution is 8.18. The maximum atomic E-state index is 12.3. The van der Waals surface area contributed by atoms with Crippen molar-refractivity contribution < 1.29 is 19.1 Å². The molecule has 0 unspecified atom stereocenters. The van der Waals surface area contributed by atoms with E-state index in [-0.39, 0.29) is 11.5 Å². The van der Waals surface area contributed by atoms with Crippen LogP contribution in [0.4, 0.5) is 5.69 Å². The van der Waals surface area contributed by atoms with Gasteiger partial charge in [-0.2, -0.15) is 0 Å². The van der Waals surface area contributed by atoms with E-state index in [2.05, 4.69) is 10.3 Å². The third kappa shape index (κ3) is 4.39. The molecule has 1 aliphatic rings. The van der Waals surface area contributed by atoms with Crippen LogP contribution in [0, 0.1) is 6.92 Å². The van der Waals surface area contributed by atoms with Crippen molar-refractivity contribution in [1.82, 2.24) is 5.32 Å². The van der Waals surface area contributed by atoms with E-state index in [1.807, 2.05) is 0 Å². The molecule has 0 bridgehead atoms. The Morgan fingerprint density at radius 1 is 1.16 bits per heavy atom. The number of carboxylic acid groups (broad SMARTS) is 1. The van der Waals surface area contributed by atoms with Crippen LogP contribution >= 0.6 is 35.0 Å². The molecule has 0 radical (unpaired) electrons. The molecule has 2 aromatic carbocycles. The first-order valence-corrected chi connectivity index (χ1v) is 10.6. The van der Waals surface area contributed by atoms with Gasteiger partial charge in [-0.15, -0.1) is 0 Å². The standard InChI is InChI=1S/C22H14Cl2N2O4S/c1-11-13(4-2-5-14(11)21(28)29)17-9-8-12(30-17)10-18-20(27)26-22(31-18)25-16-7-3-6-15(23)19(16)24/h2-10H,1H3,(H,28,29)(H,25,26,27)/b18-10+. The molecule has 1 amide bonds. The normalized spacial score (nSPS) is 16.2. The van der Waals surface area contributed by atoms with Gasteiger partial charge in [-0.3, -0.25) is 4.79 Å². The summed E-state index contributed by atoms with van der Waals surface area (Å²) in [4.78, 5) is 28.5. The summed E-state index contributed by atoms with van der Waals surface area (Å²) >= 11 is 13.3. The summed E-state index contributed by atoms with van der Waals surface area (Å²) in [5.74, 6) is -0.354. The van der Waals surface area contributed by atoms with Gasteiger partial charge in [-0.25, -0.2) is 9.79 Å². The van der Waals surface area contributed by atoms with Crippen molar-refractivity contribution in [1.29, 1.82) is 0 Å². The van der Waals surface area contributed by atoms with Gasteiger partial charge in [0.2, 0.25) is 0 Å². The summed E-state index contributed by atoms with van der Waals surface area (Å²) in [6, 6.07) is 13.5. The highest BCUT2D eigenvalue weighted by atomic mass is 35.5. The number of carboxylic acids is 1. The van der Waals surface area contributed by atoms with Gasteiger partial charge in [-0.05, 0) is 54.6 Å². The molecular weight excluding hydrogens is 459 g/mol. The van der Waals surface area contributed by atoms with E-state index in [4.69, 9.17) is 27.6 Å². The van der Waals surface area contributed by atoms with Crippen LogP contribution in [0.1, 0.15) is 21.7 Å². The van der Waals surface area contributed by atoms with Crippen LogP contribution in [0.5, 0.6) is 0 Å². The van der Waals surface area contributed by atoms with E-state index >= 15 is 0 Å². The number of carbonyl (C=O) groups excluding carboxylic acids is 1. The molecule has 4 rings (SSSR count). The van der Waals surface area contributed by atoms with Crippen molar-refractivity contribution in [3.63, 3.8) is 0 Å². The van der Waals surface area contributed by atoms with Crippen LogP contribution in [-0.4, -0.2) is 22.2 Å². The molecule has 0 atom stereocenters. The molecule has 0 saturated carbocycles. The fraction of sp³-hybridized carbons (Fsp3) is 0.0455. The van der Waals surface area contributed by atoms with Gasteiger partial charge in [-0.1, -0.05) is 41.4 Å². The summed E-state index contributed by atoms with van der Waals surface area (Å²) in [5.41, 5.74) is 1.93. The Hall–Kier alpha value is -3.00. The average Bonchev–Trinajstić information content (AvgIpc) is 3.32. The van der Waals surface area contributed by atoms with Gasteiger partial charge in [0, 0.05) is 11.6 Å². The molecule has 1 aliphatic heterocycles. The highest BCUT2D eigenvalue weighted by Crippen LogP contribution is 2.35.